The lowest BCUT2D eigenvalue weighted by Gasteiger charge is -2.06. The van der Waals surface area contributed by atoms with Gasteiger partial charge in [0.15, 0.2) is 11.5 Å². The zero-order chi connectivity index (χ0) is 17.1. The van der Waals surface area contributed by atoms with E-state index in [1.165, 1.54) is 0 Å². The largest absolute Gasteiger partial charge is 0.493 e. The third-order valence-electron chi connectivity index (χ3n) is 3.67. The standard InChI is InChI=1S/C17H15BrN4O3/c18-13-4-2-12(3-5-13)17-19-21-22(20-17)8-1-9-23-14-6-7-15-16(10-14)25-11-24-15/h2-7,10H,1,8-9,11H2. The van der Waals surface area contributed by atoms with Gasteiger partial charge in [-0.25, -0.2) is 0 Å². The van der Waals surface area contributed by atoms with Crippen molar-refractivity contribution in [2.24, 2.45) is 0 Å². The quantitative estimate of drug-likeness (QED) is 0.589. The Bertz CT molecular complexity index is 867. The lowest BCUT2D eigenvalue weighted by atomic mass is 10.2. The number of aromatic nitrogens is 4. The summed E-state index contributed by atoms with van der Waals surface area (Å²) in [5, 5.41) is 12.6. The van der Waals surface area contributed by atoms with Crippen molar-refractivity contribution >= 4 is 15.9 Å². The first kappa shape index (κ1) is 15.9. The first-order valence-electron chi connectivity index (χ1n) is 7.84. The number of hydrogen-bond donors (Lipinski definition) is 0. The predicted molar refractivity (Wildman–Crippen MR) is 93.6 cm³/mol. The summed E-state index contributed by atoms with van der Waals surface area (Å²) in [6.07, 6.45) is 0.768. The van der Waals surface area contributed by atoms with Gasteiger partial charge in [-0.15, -0.1) is 10.2 Å². The van der Waals surface area contributed by atoms with Crippen molar-refractivity contribution < 1.29 is 14.2 Å². The van der Waals surface area contributed by atoms with Crippen LogP contribution in [0.25, 0.3) is 11.4 Å². The molecule has 3 aromatic rings. The first-order chi connectivity index (χ1) is 12.3. The molecule has 1 aliphatic heterocycles. The Morgan fingerprint density at radius 1 is 1.08 bits per heavy atom. The summed E-state index contributed by atoms with van der Waals surface area (Å²) >= 11 is 3.41. The molecule has 4 rings (SSSR count). The van der Waals surface area contributed by atoms with Gasteiger partial charge in [-0.3, -0.25) is 0 Å². The molecule has 7 nitrogen and oxygen atoms in total. The van der Waals surface area contributed by atoms with Crippen LogP contribution in [-0.2, 0) is 6.54 Å². The smallest absolute Gasteiger partial charge is 0.231 e. The second kappa shape index (κ2) is 7.10. The molecule has 0 aliphatic carbocycles. The van der Waals surface area contributed by atoms with Gasteiger partial charge in [-0.1, -0.05) is 15.9 Å². The molecule has 128 valence electrons. The molecule has 2 heterocycles. The predicted octanol–water partition coefficient (Wildman–Crippen LogP) is 3.30. The molecule has 0 spiro atoms. The Labute approximate surface area is 152 Å². The summed E-state index contributed by atoms with van der Waals surface area (Å²) in [5.41, 5.74) is 0.936. The third-order valence-corrected chi connectivity index (χ3v) is 4.20. The number of tetrazole rings is 1. The van der Waals surface area contributed by atoms with E-state index in [2.05, 4.69) is 31.3 Å². The summed E-state index contributed by atoms with van der Waals surface area (Å²) in [7, 11) is 0. The molecular weight excluding hydrogens is 388 g/mol. The van der Waals surface area contributed by atoms with E-state index in [1.54, 1.807) is 4.80 Å². The number of hydrogen-bond acceptors (Lipinski definition) is 6. The number of nitrogens with zero attached hydrogens (tertiary/aromatic N) is 4. The molecular formula is C17H15BrN4O3. The minimum atomic E-state index is 0.261. The van der Waals surface area contributed by atoms with E-state index in [-0.39, 0.29) is 6.79 Å². The second-order valence-corrected chi connectivity index (χ2v) is 6.35. The van der Waals surface area contributed by atoms with Gasteiger partial charge in [-0.2, -0.15) is 4.80 Å². The van der Waals surface area contributed by atoms with Crippen molar-refractivity contribution in [3.05, 3.63) is 46.9 Å². The highest BCUT2D eigenvalue weighted by molar-refractivity contribution is 9.10. The van der Waals surface area contributed by atoms with E-state index in [1.807, 2.05) is 42.5 Å². The maximum absolute atomic E-state index is 5.73. The summed E-state index contributed by atoms with van der Waals surface area (Å²) < 4.78 is 17.3. The van der Waals surface area contributed by atoms with Crippen LogP contribution in [0.2, 0.25) is 0 Å². The van der Waals surface area contributed by atoms with Gasteiger partial charge in [0, 0.05) is 22.5 Å². The SMILES string of the molecule is Brc1ccc(-c2nnn(CCCOc3ccc4c(c3)OCO4)n2)cc1. The van der Waals surface area contributed by atoms with Crippen LogP contribution in [0.4, 0.5) is 0 Å². The fraction of sp³-hybridized carbons (Fsp3) is 0.235. The minimum Gasteiger partial charge on any atom is -0.493 e. The van der Waals surface area contributed by atoms with E-state index < -0.39 is 0 Å². The highest BCUT2D eigenvalue weighted by Crippen LogP contribution is 2.35. The Balaban J connectivity index is 1.28. The third kappa shape index (κ3) is 3.74. The highest BCUT2D eigenvalue weighted by atomic mass is 79.9. The van der Waals surface area contributed by atoms with Gasteiger partial charge in [0.2, 0.25) is 12.6 Å². The fourth-order valence-electron chi connectivity index (χ4n) is 2.42. The number of benzene rings is 2. The summed E-state index contributed by atoms with van der Waals surface area (Å²) in [5.74, 6) is 2.84. The monoisotopic (exact) mass is 402 g/mol. The summed E-state index contributed by atoms with van der Waals surface area (Å²) in [6, 6.07) is 13.4. The van der Waals surface area contributed by atoms with Crippen molar-refractivity contribution in [1.82, 2.24) is 20.2 Å². The van der Waals surface area contributed by atoms with Gasteiger partial charge in [0.05, 0.1) is 13.2 Å². The van der Waals surface area contributed by atoms with Crippen molar-refractivity contribution in [3.63, 3.8) is 0 Å². The molecule has 0 amide bonds. The number of ether oxygens (including phenoxy) is 3. The Kier molecular flexibility index (Phi) is 4.51. The first-order valence-corrected chi connectivity index (χ1v) is 8.63. The number of aryl methyl sites for hydroxylation is 1. The number of halogens is 1. The molecule has 0 atom stereocenters. The molecule has 2 aromatic carbocycles. The van der Waals surface area contributed by atoms with E-state index in [0.29, 0.717) is 19.0 Å². The zero-order valence-corrected chi connectivity index (χ0v) is 14.8. The zero-order valence-electron chi connectivity index (χ0n) is 13.3. The molecule has 0 bridgehead atoms. The summed E-state index contributed by atoms with van der Waals surface area (Å²) in [4.78, 5) is 1.58. The fourth-order valence-corrected chi connectivity index (χ4v) is 2.68. The topological polar surface area (TPSA) is 71.3 Å². The average molecular weight is 403 g/mol. The Morgan fingerprint density at radius 3 is 2.80 bits per heavy atom. The molecule has 1 aliphatic rings. The van der Waals surface area contributed by atoms with Crippen LogP contribution in [0.3, 0.4) is 0 Å². The van der Waals surface area contributed by atoms with Crippen molar-refractivity contribution in [1.29, 1.82) is 0 Å². The maximum Gasteiger partial charge on any atom is 0.231 e. The normalized spacial score (nSPS) is 12.4. The number of fused-ring (bicyclic) bond motifs is 1. The van der Waals surface area contributed by atoms with Crippen LogP contribution in [0.5, 0.6) is 17.2 Å². The van der Waals surface area contributed by atoms with E-state index in [4.69, 9.17) is 14.2 Å². The van der Waals surface area contributed by atoms with Gasteiger partial charge >= 0.3 is 0 Å². The van der Waals surface area contributed by atoms with Crippen LogP contribution in [0, 0.1) is 0 Å². The Hall–Kier alpha value is -2.61. The molecule has 8 heteroatoms. The molecule has 0 saturated heterocycles. The molecule has 25 heavy (non-hydrogen) atoms. The molecule has 0 N–H and O–H groups in total. The lowest BCUT2D eigenvalue weighted by molar-refractivity contribution is 0.173. The lowest BCUT2D eigenvalue weighted by Crippen LogP contribution is -2.07. The van der Waals surface area contributed by atoms with E-state index >= 15 is 0 Å². The van der Waals surface area contributed by atoms with Crippen LogP contribution in [0.15, 0.2) is 46.9 Å². The number of rotatable bonds is 6. The van der Waals surface area contributed by atoms with Crippen LogP contribution in [0.1, 0.15) is 6.42 Å². The second-order valence-electron chi connectivity index (χ2n) is 5.43. The van der Waals surface area contributed by atoms with Gasteiger partial charge in [-0.05, 0) is 41.6 Å². The molecule has 0 saturated carbocycles. The molecule has 0 radical (unpaired) electrons. The molecule has 1 aromatic heterocycles. The van der Waals surface area contributed by atoms with Crippen molar-refractivity contribution in [3.8, 4) is 28.6 Å². The van der Waals surface area contributed by atoms with Crippen LogP contribution in [-0.4, -0.2) is 33.6 Å². The van der Waals surface area contributed by atoms with Gasteiger partial charge in [0.25, 0.3) is 0 Å². The molecule has 0 unspecified atom stereocenters. The van der Waals surface area contributed by atoms with Gasteiger partial charge in [0.1, 0.15) is 5.75 Å². The Morgan fingerprint density at radius 2 is 1.92 bits per heavy atom. The summed E-state index contributed by atoms with van der Waals surface area (Å²) in [6.45, 7) is 1.44. The van der Waals surface area contributed by atoms with E-state index in [9.17, 15) is 0 Å². The van der Waals surface area contributed by atoms with Crippen molar-refractivity contribution in [2.75, 3.05) is 13.4 Å². The molecule has 0 fully saturated rings. The van der Waals surface area contributed by atoms with Crippen molar-refractivity contribution in [2.45, 2.75) is 13.0 Å². The average Bonchev–Trinajstić information content (AvgIpc) is 3.28. The maximum atomic E-state index is 5.73. The van der Waals surface area contributed by atoms with E-state index in [0.717, 1.165) is 33.7 Å². The van der Waals surface area contributed by atoms with Gasteiger partial charge < -0.3 is 14.2 Å². The van der Waals surface area contributed by atoms with Crippen LogP contribution >= 0.6 is 15.9 Å². The van der Waals surface area contributed by atoms with Crippen LogP contribution < -0.4 is 14.2 Å². The highest BCUT2D eigenvalue weighted by Gasteiger charge is 2.13. The minimum absolute atomic E-state index is 0.261.